The van der Waals surface area contributed by atoms with Crippen LogP contribution in [0.2, 0.25) is 0 Å². The van der Waals surface area contributed by atoms with Crippen molar-refractivity contribution < 1.29 is 14.4 Å². The van der Waals surface area contributed by atoms with Gasteiger partial charge in [0.2, 0.25) is 11.7 Å². The summed E-state index contributed by atoms with van der Waals surface area (Å²) >= 11 is 0. The molecule has 1 aromatic heterocycles. The average molecular weight is 337 g/mol. The van der Waals surface area contributed by atoms with Crippen molar-refractivity contribution in [1.29, 1.82) is 0 Å². The molecule has 1 N–H and O–H groups in total. The number of hydrogen-bond acceptors (Lipinski definition) is 5. The first kappa shape index (κ1) is 16.9. The lowest BCUT2D eigenvalue weighted by Gasteiger charge is -2.15. The van der Waals surface area contributed by atoms with Gasteiger partial charge in [0.05, 0.1) is 12.1 Å². The van der Waals surface area contributed by atoms with Crippen LogP contribution in [-0.4, -0.2) is 33.2 Å². The molecule has 0 saturated carbocycles. The molecule has 0 amide bonds. The van der Waals surface area contributed by atoms with E-state index in [1.54, 1.807) is 12.1 Å². The van der Waals surface area contributed by atoms with Crippen LogP contribution in [0, 0.1) is 6.92 Å². The number of aromatic nitrogens is 2. The quantitative estimate of drug-likeness (QED) is 0.743. The van der Waals surface area contributed by atoms with Gasteiger partial charge in [-0.3, -0.25) is 4.90 Å². The van der Waals surface area contributed by atoms with Crippen molar-refractivity contribution in [2.75, 3.05) is 7.05 Å². The first-order valence-electron chi connectivity index (χ1n) is 7.92. The van der Waals surface area contributed by atoms with Gasteiger partial charge in [-0.2, -0.15) is 4.98 Å². The van der Waals surface area contributed by atoms with E-state index in [4.69, 9.17) is 4.52 Å². The van der Waals surface area contributed by atoms with Crippen molar-refractivity contribution in [2.24, 2.45) is 0 Å². The molecule has 2 aromatic carbocycles. The number of nitrogens with zero attached hydrogens (tertiary/aromatic N) is 3. The molecule has 0 aliphatic heterocycles. The molecule has 25 heavy (non-hydrogen) atoms. The maximum atomic E-state index is 11.3. The van der Waals surface area contributed by atoms with E-state index in [0.717, 1.165) is 16.7 Å². The van der Waals surface area contributed by atoms with Gasteiger partial charge in [-0.1, -0.05) is 47.1 Å². The summed E-state index contributed by atoms with van der Waals surface area (Å²) in [5.41, 5.74) is 3.09. The van der Waals surface area contributed by atoms with Crippen molar-refractivity contribution >= 4 is 5.97 Å². The molecule has 0 fully saturated rings. The third-order valence-electron chi connectivity index (χ3n) is 3.84. The van der Waals surface area contributed by atoms with Crippen LogP contribution in [0.3, 0.4) is 0 Å². The molecule has 0 aliphatic carbocycles. The van der Waals surface area contributed by atoms with Crippen LogP contribution < -0.4 is 0 Å². The Morgan fingerprint density at radius 1 is 1.16 bits per heavy atom. The van der Waals surface area contributed by atoms with Crippen molar-refractivity contribution in [3.8, 4) is 11.4 Å². The summed E-state index contributed by atoms with van der Waals surface area (Å²) in [5, 5.41) is 13.3. The van der Waals surface area contributed by atoms with Gasteiger partial charge in [-0.15, -0.1) is 0 Å². The molecule has 0 bridgehead atoms. The zero-order valence-electron chi connectivity index (χ0n) is 14.1. The number of benzene rings is 2. The predicted molar refractivity (Wildman–Crippen MR) is 93.0 cm³/mol. The SMILES string of the molecule is Cc1cccc(-c2noc(CN(C)Cc3ccccc3C(=O)O)n2)c1. The van der Waals surface area contributed by atoms with Crippen molar-refractivity contribution in [1.82, 2.24) is 15.0 Å². The number of carboxylic acid groups (broad SMARTS) is 1. The molecule has 0 saturated heterocycles. The molecule has 3 aromatic rings. The van der Waals surface area contributed by atoms with Crippen molar-refractivity contribution in [3.05, 3.63) is 71.1 Å². The van der Waals surface area contributed by atoms with E-state index in [0.29, 0.717) is 30.4 Å². The van der Waals surface area contributed by atoms with Crippen LogP contribution >= 0.6 is 0 Å². The second-order valence-electron chi connectivity index (χ2n) is 6.02. The van der Waals surface area contributed by atoms with Gasteiger partial charge in [0.15, 0.2) is 0 Å². The first-order chi connectivity index (χ1) is 12.0. The fourth-order valence-electron chi connectivity index (χ4n) is 2.66. The number of aromatic carboxylic acids is 1. The van der Waals surface area contributed by atoms with Crippen LogP contribution in [0.1, 0.15) is 27.4 Å². The molecule has 128 valence electrons. The Morgan fingerprint density at radius 2 is 1.96 bits per heavy atom. The molecular weight excluding hydrogens is 318 g/mol. The molecule has 0 unspecified atom stereocenters. The zero-order valence-corrected chi connectivity index (χ0v) is 14.1. The second-order valence-corrected chi connectivity index (χ2v) is 6.02. The minimum Gasteiger partial charge on any atom is -0.478 e. The summed E-state index contributed by atoms with van der Waals surface area (Å²) in [6, 6.07) is 14.9. The molecule has 0 atom stereocenters. The van der Waals surface area contributed by atoms with Crippen molar-refractivity contribution in [2.45, 2.75) is 20.0 Å². The summed E-state index contributed by atoms with van der Waals surface area (Å²) in [6.45, 7) is 2.93. The summed E-state index contributed by atoms with van der Waals surface area (Å²) in [6.07, 6.45) is 0. The summed E-state index contributed by atoms with van der Waals surface area (Å²) < 4.78 is 5.33. The number of carboxylic acids is 1. The largest absolute Gasteiger partial charge is 0.478 e. The highest BCUT2D eigenvalue weighted by atomic mass is 16.5. The average Bonchev–Trinajstić information content (AvgIpc) is 3.03. The Hall–Kier alpha value is -2.99. The molecule has 6 nitrogen and oxygen atoms in total. The van der Waals surface area contributed by atoms with Gasteiger partial charge >= 0.3 is 5.97 Å². The Bertz CT molecular complexity index is 889. The predicted octanol–water partition coefficient (Wildman–Crippen LogP) is 3.38. The molecule has 6 heteroatoms. The summed E-state index contributed by atoms with van der Waals surface area (Å²) in [7, 11) is 1.88. The van der Waals surface area contributed by atoms with Crippen LogP contribution in [0.5, 0.6) is 0 Å². The maximum absolute atomic E-state index is 11.3. The molecular formula is C19H19N3O3. The first-order valence-corrected chi connectivity index (χ1v) is 7.92. The number of rotatable bonds is 6. The van der Waals surface area contributed by atoms with Gasteiger partial charge in [0.25, 0.3) is 0 Å². The van der Waals surface area contributed by atoms with E-state index >= 15 is 0 Å². The molecule has 0 radical (unpaired) electrons. The van der Waals surface area contributed by atoms with E-state index in [-0.39, 0.29) is 0 Å². The summed E-state index contributed by atoms with van der Waals surface area (Å²) in [4.78, 5) is 17.7. The van der Waals surface area contributed by atoms with E-state index < -0.39 is 5.97 Å². The molecule has 0 spiro atoms. The molecule has 3 rings (SSSR count). The fraction of sp³-hybridized carbons (Fsp3) is 0.211. The Balaban J connectivity index is 1.70. The smallest absolute Gasteiger partial charge is 0.336 e. The third kappa shape index (κ3) is 4.10. The van der Waals surface area contributed by atoms with Gasteiger partial charge < -0.3 is 9.63 Å². The monoisotopic (exact) mass is 337 g/mol. The van der Waals surface area contributed by atoms with Gasteiger partial charge in [0, 0.05) is 12.1 Å². The van der Waals surface area contributed by atoms with Gasteiger partial charge in [-0.05, 0) is 31.7 Å². The number of carbonyl (C=O) groups is 1. The highest BCUT2D eigenvalue weighted by molar-refractivity contribution is 5.89. The topological polar surface area (TPSA) is 79.5 Å². The van der Waals surface area contributed by atoms with Crippen molar-refractivity contribution in [3.63, 3.8) is 0 Å². The highest BCUT2D eigenvalue weighted by Crippen LogP contribution is 2.18. The highest BCUT2D eigenvalue weighted by Gasteiger charge is 2.14. The normalized spacial score (nSPS) is 11.0. The zero-order chi connectivity index (χ0) is 17.8. The number of aryl methyl sites for hydroxylation is 1. The number of hydrogen-bond donors (Lipinski definition) is 1. The van der Waals surface area contributed by atoms with Crippen LogP contribution in [0.15, 0.2) is 53.1 Å². The minimum absolute atomic E-state index is 0.306. The Morgan fingerprint density at radius 3 is 2.72 bits per heavy atom. The van der Waals surface area contributed by atoms with E-state index in [1.807, 2.05) is 55.3 Å². The van der Waals surface area contributed by atoms with Crippen LogP contribution in [0.4, 0.5) is 0 Å². The van der Waals surface area contributed by atoms with E-state index in [9.17, 15) is 9.90 Å². The fourth-order valence-corrected chi connectivity index (χ4v) is 2.66. The lowest BCUT2D eigenvalue weighted by Crippen LogP contribution is -2.19. The van der Waals surface area contributed by atoms with E-state index in [1.165, 1.54) is 0 Å². The standard InChI is InChI=1S/C19H19N3O3/c1-13-6-5-8-14(10-13)18-20-17(25-21-18)12-22(2)11-15-7-3-4-9-16(15)19(23)24/h3-10H,11-12H2,1-2H3,(H,23,24). The van der Waals surface area contributed by atoms with Crippen LogP contribution in [-0.2, 0) is 13.1 Å². The second kappa shape index (κ2) is 7.27. The molecule has 1 heterocycles. The third-order valence-corrected chi connectivity index (χ3v) is 3.84. The van der Waals surface area contributed by atoms with Gasteiger partial charge in [-0.25, -0.2) is 4.79 Å². The maximum Gasteiger partial charge on any atom is 0.336 e. The molecule has 0 aliphatic rings. The van der Waals surface area contributed by atoms with E-state index in [2.05, 4.69) is 10.1 Å². The Labute approximate surface area is 145 Å². The lowest BCUT2D eigenvalue weighted by atomic mass is 10.1. The van der Waals surface area contributed by atoms with Gasteiger partial charge in [0.1, 0.15) is 0 Å². The minimum atomic E-state index is -0.927. The Kier molecular flexibility index (Phi) is 4.90. The lowest BCUT2D eigenvalue weighted by molar-refractivity contribution is 0.0694. The summed E-state index contributed by atoms with van der Waals surface area (Å²) in [5.74, 6) is 0.119. The van der Waals surface area contributed by atoms with Crippen LogP contribution in [0.25, 0.3) is 11.4 Å².